The molecule has 0 aliphatic carbocycles. The van der Waals surface area contributed by atoms with Crippen molar-refractivity contribution in [3.8, 4) is 0 Å². The Morgan fingerprint density at radius 3 is 2.42 bits per heavy atom. The summed E-state index contributed by atoms with van der Waals surface area (Å²) in [6.07, 6.45) is 0. The summed E-state index contributed by atoms with van der Waals surface area (Å²) in [5.74, 6) is 0.470. The number of nitrogen functional groups attached to an aromatic ring is 1. The molecule has 19 heavy (non-hydrogen) atoms. The van der Waals surface area contributed by atoms with E-state index < -0.39 is 0 Å². The number of fused-ring (bicyclic) bond motifs is 1. The number of hydrogen-bond acceptors (Lipinski definition) is 4. The molecule has 0 atom stereocenters. The van der Waals surface area contributed by atoms with E-state index in [4.69, 9.17) is 28.9 Å². The van der Waals surface area contributed by atoms with E-state index in [9.17, 15) is 0 Å². The first-order valence-electron chi connectivity index (χ1n) is 6.13. The highest BCUT2D eigenvalue weighted by atomic mass is 35.5. The van der Waals surface area contributed by atoms with Gasteiger partial charge in [0.1, 0.15) is 0 Å². The molecule has 1 saturated heterocycles. The summed E-state index contributed by atoms with van der Waals surface area (Å²) < 4.78 is 1.94. The number of rotatable bonds is 1. The zero-order chi connectivity index (χ0) is 13.6. The van der Waals surface area contributed by atoms with Gasteiger partial charge in [0, 0.05) is 26.2 Å². The zero-order valence-corrected chi connectivity index (χ0v) is 12.1. The van der Waals surface area contributed by atoms with Crippen molar-refractivity contribution in [2.75, 3.05) is 44.0 Å². The summed E-state index contributed by atoms with van der Waals surface area (Å²) in [4.78, 5) is 6.64. The maximum Gasteiger partial charge on any atom is 0.220 e. The van der Waals surface area contributed by atoms with Crippen LogP contribution in [-0.2, 0) is 0 Å². The molecule has 1 aliphatic rings. The fourth-order valence-electron chi connectivity index (χ4n) is 2.37. The van der Waals surface area contributed by atoms with Crippen LogP contribution in [0.3, 0.4) is 0 Å². The third-order valence-corrected chi connectivity index (χ3v) is 4.18. The molecule has 2 N–H and O–H groups in total. The molecular weight excluding hydrogens is 285 g/mol. The molecule has 0 saturated carbocycles. The van der Waals surface area contributed by atoms with Crippen molar-refractivity contribution in [3.63, 3.8) is 0 Å². The molecule has 2 aromatic rings. The van der Waals surface area contributed by atoms with Crippen LogP contribution in [0.4, 0.5) is 5.95 Å². The number of piperazine rings is 1. The van der Waals surface area contributed by atoms with Crippen LogP contribution in [0.1, 0.15) is 0 Å². The second kappa shape index (κ2) is 4.74. The van der Waals surface area contributed by atoms with E-state index in [0.717, 1.165) is 37.2 Å². The van der Waals surface area contributed by atoms with Crippen LogP contribution in [0.25, 0.3) is 11.0 Å². The highest BCUT2D eigenvalue weighted by molar-refractivity contribution is 6.42. The Morgan fingerprint density at radius 1 is 1.11 bits per heavy atom. The number of benzene rings is 1. The molecule has 5 nitrogen and oxygen atoms in total. The fraction of sp³-hybridized carbons (Fsp3) is 0.417. The molecule has 102 valence electrons. The van der Waals surface area contributed by atoms with Crippen molar-refractivity contribution < 1.29 is 0 Å². The van der Waals surface area contributed by atoms with Crippen molar-refractivity contribution >= 4 is 40.2 Å². The second-order valence-electron chi connectivity index (χ2n) is 4.79. The van der Waals surface area contributed by atoms with Crippen LogP contribution in [-0.4, -0.2) is 47.8 Å². The third-order valence-electron chi connectivity index (χ3n) is 3.46. The smallest absolute Gasteiger partial charge is 0.220 e. The number of imidazole rings is 1. The number of halogens is 2. The fourth-order valence-corrected chi connectivity index (χ4v) is 2.69. The van der Waals surface area contributed by atoms with Crippen LogP contribution in [0.5, 0.6) is 0 Å². The Hall–Kier alpha value is -1.17. The maximum atomic E-state index is 6.09. The van der Waals surface area contributed by atoms with Crippen molar-refractivity contribution in [2.24, 2.45) is 0 Å². The Labute approximate surface area is 121 Å². The van der Waals surface area contributed by atoms with E-state index in [-0.39, 0.29) is 0 Å². The van der Waals surface area contributed by atoms with Gasteiger partial charge in [0.25, 0.3) is 0 Å². The number of anilines is 1. The van der Waals surface area contributed by atoms with Crippen LogP contribution in [0, 0.1) is 0 Å². The molecule has 1 aliphatic heterocycles. The summed E-state index contributed by atoms with van der Waals surface area (Å²) in [7, 11) is 2.11. The Balaban J connectivity index is 2.07. The van der Waals surface area contributed by atoms with Gasteiger partial charge in [0.2, 0.25) is 5.95 Å². The normalized spacial score (nSPS) is 17.3. The molecule has 0 amide bonds. The molecule has 0 unspecified atom stereocenters. The highest BCUT2D eigenvalue weighted by Gasteiger charge is 2.19. The lowest BCUT2D eigenvalue weighted by Crippen LogP contribution is -2.50. The van der Waals surface area contributed by atoms with Gasteiger partial charge in [-0.2, -0.15) is 0 Å². The summed E-state index contributed by atoms with van der Waals surface area (Å²) in [5, 5.41) is 3.20. The van der Waals surface area contributed by atoms with Crippen molar-refractivity contribution in [2.45, 2.75) is 0 Å². The third kappa shape index (κ3) is 2.22. The van der Waals surface area contributed by atoms with Gasteiger partial charge < -0.3 is 15.6 Å². The Morgan fingerprint density at radius 2 is 1.74 bits per heavy atom. The average Bonchev–Trinajstić information content (AvgIpc) is 2.67. The summed E-state index contributed by atoms with van der Waals surface area (Å²) in [5.41, 5.74) is 7.70. The van der Waals surface area contributed by atoms with E-state index in [1.54, 1.807) is 6.07 Å². The topological polar surface area (TPSA) is 50.3 Å². The van der Waals surface area contributed by atoms with E-state index in [2.05, 4.69) is 21.9 Å². The monoisotopic (exact) mass is 299 g/mol. The second-order valence-corrected chi connectivity index (χ2v) is 5.61. The minimum atomic E-state index is 0.470. The molecule has 0 bridgehead atoms. The quantitative estimate of drug-likeness (QED) is 0.872. The summed E-state index contributed by atoms with van der Waals surface area (Å²) in [6, 6.07) is 3.57. The van der Waals surface area contributed by atoms with Crippen molar-refractivity contribution in [3.05, 3.63) is 22.2 Å². The maximum absolute atomic E-state index is 6.09. The van der Waals surface area contributed by atoms with Gasteiger partial charge in [-0.3, -0.25) is 0 Å². The van der Waals surface area contributed by atoms with Crippen LogP contribution in [0.2, 0.25) is 10.0 Å². The van der Waals surface area contributed by atoms with Gasteiger partial charge in [0.05, 0.1) is 21.1 Å². The SMILES string of the molecule is CN1CCN(n2c(N)nc3cc(Cl)c(Cl)cc32)CC1. The Bertz CT molecular complexity index is 616. The van der Waals surface area contributed by atoms with E-state index in [1.165, 1.54) is 0 Å². The van der Waals surface area contributed by atoms with Crippen LogP contribution < -0.4 is 10.7 Å². The first kappa shape index (κ1) is 12.8. The number of nitrogens with zero attached hydrogens (tertiary/aromatic N) is 4. The van der Waals surface area contributed by atoms with Crippen molar-refractivity contribution in [1.82, 2.24) is 14.6 Å². The summed E-state index contributed by atoms with van der Waals surface area (Å²) >= 11 is 12.1. The predicted octanol–water partition coefficient (Wildman–Crippen LogP) is 1.81. The number of aromatic nitrogens is 2. The Kier molecular flexibility index (Phi) is 3.20. The van der Waals surface area contributed by atoms with E-state index >= 15 is 0 Å². The largest absolute Gasteiger partial charge is 0.368 e. The lowest BCUT2D eigenvalue weighted by atomic mass is 10.3. The first-order chi connectivity index (χ1) is 9.06. The van der Waals surface area contributed by atoms with Crippen LogP contribution in [0.15, 0.2) is 12.1 Å². The number of nitrogens with two attached hydrogens (primary N) is 1. The summed E-state index contributed by atoms with van der Waals surface area (Å²) in [6.45, 7) is 3.82. The lowest BCUT2D eigenvalue weighted by molar-refractivity contribution is 0.290. The van der Waals surface area contributed by atoms with Gasteiger partial charge in [-0.05, 0) is 19.2 Å². The molecule has 0 radical (unpaired) electrons. The standard InChI is InChI=1S/C12H15Cl2N5/c1-17-2-4-18(5-3-17)19-11-7-9(14)8(13)6-10(11)16-12(19)15/h6-7H,2-5H2,1H3,(H2,15,16). The van der Waals surface area contributed by atoms with Gasteiger partial charge in [-0.1, -0.05) is 23.2 Å². The zero-order valence-electron chi connectivity index (χ0n) is 10.6. The molecule has 7 heteroatoms. The van der Waals surface area contributed by atoms with Gasteiger partial charge >= 0.3 is 0 Å². The molecule has 1 aromatic carbocycles. The minimum absolute atomic E-state index is 0.470. The number of likely N-dealkylation sites (N-methyl/N-ethyl adjacent to an activating group) is 1. The first-order valence-corrected chi connectivity index (χ1v) is 6.88. The molecular formula is C12H15Cl2N5. The molecule has 3 rings (SSSR count). The van der Waals surface area contributed by atoms with Gasteiger partial charge in [-0.25, -0.2) is 9.66 Å². The minimum Gasteiger partial charge on any atom is -0.368 e. The highest BCUT2D eigenvalue weighted by Crippen LogP contribution is 2.29. The molecule has 0 spiro atoms. The van der Waals surface area contributed by atoms with Gasteiger partial charge in [-0.15, -0.1) is 0 Å². The lowest BCUT2D eigenvalue weighted by Gasteiger charge is -2.35. The average molecular weight is 300 g/mol. The van der Waals surface area contributed by atoms with Crippen LogP contribution >= 0.6 is 23.2 Å². The molecule has 1 aromatic heterocycles. The van der Waals surface area contributed by atoms with Crippen molar-refractivity contribution in [1.29, 1.82) is 0 Å². The van der Waals surface area contributed by atoms with Gasteiger partial charge in [0.15, 0.2) is 0 Å². The predicted molar refractivity (Wildman–Crippen MR) is 79.6 cm³/mol. The van der Waals surface area contributed by atoms with E-state index in [1.807, 2.05) is 10.7 Å². The molecule has 2 heterocycles. The number of hydrogen-bond donors (Lipinski definition) is 1. The van der Waals surface area contributed by atoms with E-state index in [0.29, 0.717) is 16.0 Å². The molecule has 1 fully saturated rings.